The highest BCUT2D eigenvalue weighted by Crippen LogP contribution is 2.17. The van der Waals surface area contributed by atoms with Crippen LogP contribution in [0.2, 0.25) is 0 Å². The molecule has 0 aliphatic heterocycles. The van der Waals surface area contributed by atoms with Crippen LogP contribution in [0.3, 0.4) is 0 Å². The van der Waals surface area contributed by atoms with Crippen molar-refractivity contribution in [2.24, 2.45) is 0 Å². The summed E-state index contributed by atoms with van der Waals surface area (Å²) in [6.45, 7) is 1.60. The number of hydrogen-bond acceptors (Lipinski definition) is 2. The van der Waals surface area contributed by atoms with Gasteiger partial charge < -0.3 is 4.84 Å². The maximum atomic E-state index is 5.39. The molecule has 146 valence electrons. The van der Waals surface area contributed by atoms with Crippen LogP contribution < -0.4 is 0 Å². The largest absolute Gasteiger partial charge is 0.302 e. The summed E-state index contributed by atoms with van der Waals surface area (Å²) in [6.07, 6.45) is 0. The van der Waals surface area contributed by atoms with Gasteiger partial charge in [-0.15, -0.1) is 0 Å². The van der Waals surface area contributed by atoms with Crippen LogP contribution in [-0.4, -0.2) is 12.2 Å². The summed E-state index contributed by atoms with van der Waals surface area (Å²) in [5.41, 5.74) is 5.06. The zero-order chi connectivity index (χ0) is 20.2. The summed E-state index contributed by atoms with van der Waals surface area (Å²) in [5.74, 6) is 0. The van der Waals surface area contributed by atoms with Crippen LogP contribution in [0.15, 0.2) is 121 Å². The van der Waals surface area contributed by atoms with Crippen LogP contribution in [0.4, 0.5) is 0 Å². The van der Waals surface area contributed by atoms with E-state index < -0.39 is 0 Å². The van der Waals surface area contributed by atoms with Gasteiger partial charge in [0.1, 0.15) is 0 Å². The molecule has 0 N–H and O–H groups in total. The third-order valence-electron chi connectivity index (χ3n) is 4.54. The predicted octanol–water partition coefficient (Wildman–Crippen LogP) is 6.60. The fourth-order valence-corrected chi connectivity index (χ4v) is 3.02. The highest BCUT2D eigenvalue weighted by molar-refractivity contribution is 5.62. The van der Waals surface area contributed by atoms with Crippen molar-refractivity contribution in [3.05, 3.63) is 132 Å². The summed E-state index contributed by atoms with van der Waals surface area (Å²) < 4.78 is 0. The number of hydrogen-bond donors (Lipinski definition) is 0. The second-order valence-corrected chi connectivity index (χ2v) is 6.68. The van der Waals surface area contributed by atoms with E-state index in [1.54, 1.807) is 7.11 Å². The smallest absolute Gasteiger partial charge is 0.0575 e. The van der Waals surface area contributed by atoms with E-state index in [2.05, 4.69) is 72.8 Å². The molecule has 29 heavy (non-hydrogen) atoms. The molecule has 0 heterocycles. The third kappa shape index (κ3) is 7.04. The first-order valence-electron chi connectivity index (χ1n) is 9.82. The van der Waals surface area contributed by atoms with E-state index in [-0.39, 0.29) is 0 Å². The summed E-state index contributed by atoms with van der Waals surface area (Å²) in [6, 6.07) is 41.5. The van der Waals surface area contributed by atoms with Gasteiger partial charge in [-0.1, -0.05) is 121 Å². The van der Waals surface area contributed by atoms with Crippen LogP contribution in [-0.2, 0) is 17.9 Å². The van der Waals surface area contributed by atoms with E-state index in [9.17, 15) is 0 Å². The molecule has 0 radical (unpaired) electrons. The fourth-order valence-electron chi connectivity index (χ4n) is 3.02. The molecule has 4 aromatic carbocycles. The quantitative estimate of drug-likeness (QED) is 0.349. The molecule has 0 aliphatic rings. The van der Waals surface area contributed by atoms with E-state index >= 15 is 0 Å². The van der Waals surface area contributed by atoms with Crippen molar-refractivity contribution in [1.29, 1.82) is 0 Å². The van der Waals surface area contributed by atoms with Crippen molar-refractivity contribution in [2.75, 3.05) is 7.11 Å². The van der Waals surface area contributed by atoms with Crippen molar-refractivity contribution < 1.29 is 4.84 Å². The van der Waals surface area contributed by atoms with E-state index in [1.165, 1.54) is 22.3 Å². The van der Waals surface area contributed by atoms with Gasteiger partial charge in [0.25, 0.3) is 0 Å². The lowest BCUT2D eigenvalue weighted by molar-refractivity contribution is -0.146. The monoisotopic (exact) mass is 381 g/mol. The van der Waals surface area contributed by atoms with Gasteiger partial charge in [0.05, 0.1) is 7.11 Å². The number of hydroxylamine groups is 2. The molecule has 0 aliphatic carbocycles. The first-order valence-corrected chi connectivity index (χ1v) is 9.82. The van der Waals surface area contributed by atoms with Gasteiger partial charge in [-0.3, -0.25) is 0 Å². The Morgan fingerprint density at radius 1 is 0.483 bits per heavy atom. The summed E-state index contributed by atoms with van der Waals surface area (Å²) in [4.78, 5) is 5.39. The van der Waals surface area contributed by atoms with Crippen molar-refractivity contribution in [3.8, 4) is 11.1 Å². The second-order valence-electron chi connectivity index (χ2n) is 6.68. The van der Waals surface area contributed by atoms with E-state index in [0.29, 0.717) is 0 Å². The van der Waals surface area contributed by atoms with Crippen molar-refractivity contribution in [3.63, 3.8) is 0 Å². The summed E-state index contributed by atoms with van der Waals surface area (Å²) in [7, 11) is 1.71. The minimum atomic E-state index is 0.798. The Morgan fingerprint density at radius 2 is 0.793 bits per heavy atom. The van der Waals surface area contributed by atoms with Gasteiger partial charge in [0, 0.05) is 13.1 Å². The van der Waals surface area contributed by atoms with E-state index in [4.69, 9.17) is 4.84 Å². The zero-order valence-corrected chi connectivity index (χ0v) is 16.8. The topological polar surface area (TPSA) is 12.5 Å². The maximum absolute atomic E-state index is 5.39. The summed E-state index contributed by atoms with van der Waals surface area (Å²) in [5, 5.41) is 1.95. The van der Waals surface area contributed by atoms with Gasteiger partial charge in [-0.2, -0.15) is 5.06 Å². The standard InChI is InChI=1S/C15H17NO.C12H10/c1-17-16(12-14-8-4-2-5-9-14)13-15-10-6-3-7-11-15;1-3-7-11(8-4-1)12-9-5-2-6-10-12/h2-11H,12-13H2,1H3;1-10H. The first kappa shape index (κ1) is 20.5. The first-order chi connectivity index (χ1) is 14.3. The molecule has 4 rings (SSSR count). The molecular weight excluding hydrogens is 354 g/mol. The molecule has 0 saturated heterocycles. The van der Waals surface area contributed by atoms with Crippen LogP contribution in [0, 0.1) is 0 Å². The molecule has 0 saturated carbocycles. The second kappa shape index (κ2) is 11.6. The predicted molar refractivity (Wildman–Crippen MR) is 121 cm³/mol. The number of rotatable bonds is 6. The fraction of sp³-hybridized carbons (Fsp3) is 0.111. The maximum Gasteiger partial charge on any atom is 0.0575 e. The molecule has 0 atom stereocenters. The van der Waals surface area contributed by atoms with Crippen LogP contribution in [0.5, 0.6) is 0 Å². The van der Waals surface area contributed by atoms with Crippen molar-refractivity contribution in [2.45, 2.75) is 13.1 Å². The molecular formula is C27H27NO. The van der Waals surface area contributed by atoms with Crippen LogP contribution >= 0.6 is 0 Å². The molecule has 0 bridgehead atoms. The number of nitrogens with zero attached hydrogens (tertiary/aromatic N) is 1. The van der Waals surface area contributed by atoms with Crippen LogP contribution in [0.1, 0.15) is 11.1 Å². The van der Waals surface area contributed by atoms with Gasteiger partial charge in [0.15, 0.2) is 0 Å². The lowest BCUT2D eigenvalue weighted by atomic mass is 10.1. The molecule has 2 nitrogen and oxygen atoms in total. The van der Waals surface area contributed by atoms with Crippen LogP contribution in [0.25, 0.3) is 11.1 Å². The summed E-state index contributed by atoms with van der Waals surface area (Å²) >= 11 is 0. The molecule has 0 spiro atoms. The average molecular weight is 382 g/mol. The highest BCUT2D eigenvalue weighted by Gasteiger charge is 2.05. The third-order valence-corrected chi connectivity index (χ3v) is 4.54. The van der Waals surface area contributed by atoms with Gasteiger partial charge in [0.2, 0.25) is 0 Å². The Hall–Kier alpha value is -3.20. The molecule has 0 fully saturated rings. The Balaban J connectivity index is 0.000000176. The lowest BCUT2D eigenvalue weighted by Crippen LogP contribution is -2.21. The minimum Gasteiger partial charge on any atom is -0.302 e. The Morgan fingerprint density at radius 3 is 1.10 bits per heavy atom. The van der Waals surface area contributed by atoms with E-state index in [0.717, 1.165) is 13.1 Å². The Bertz CT molecular complexity index is 846. The van der Waals surface area contributed by atoms with Gasteiger partial charge in [-0.05, 0) is 22.3 Å². The van der Waals surface area contributed by atoms with E-state index in [1.807, 2.05) is 53.6 Å². The molecule has 0 aromatic heterocycles. The zero-order valence-electron chi connectivity index (χ0n) is 16.8. The van der Waals surface area contributed by atoms with Gasteiger partial charge >= 0.3 is 0 Å². The minimum absolute atomic E-state index is 0.798. The van der Waals surface area contributed by atoms with Gasteiger partial charge in [-0.25, -0.2) is 0 Å². The molecule has 0 amide bonds. The molecule has 4 aromatic rings. The highest BCUT2D eigenvalue weighted by atomic mass is 16.7. The molecule has 0 unspecified atom stereocenters. The number of benzene rings is 4. The SMILES string of the molecule is CON(Cc1ccccc1)Cc1ccccc1.c1ccc(-c2ccccc2)cc1. The molecule has 2 heteroatoms. The Labute approximate surface area is 174 Å². The average Bonchev–Trinajstić information content (AvgIpc) is 2.81. The normalized spacial score (nSPS) is 10.3. The lowest BCUT2D eigenvalue weighted by Gasteiger charge is -2.19. The Kier molecular flexibility index (Phi) is 8.21. The van der Waals surface area contributed by atoms with Crippen molar-refractivity contribution in [1.82, 2.24) is 5.06 Å². The van der Waals surface area contributed by atoms with Crippen molar-refractivity contribution >= 4 is 0 Å².